The molecule has 0 radical (unpaired) electrons. The van der Waals surface area contributed by atoms with Gasteiger partial charge < -0.3 is 15.3 Å². The predicted molar refractivity (Wildman–Crippen MR) is 149 cm³/mol. The summed E-state index contributed by atoms with van der Waals surface area (Å²) in [6.45, 7) is 2.19. The van der Waals surface area contributed by atoms with Gasteiger partial charge in [0, 0.05) is 18.2 Å². The van der Waals surface area contributed by atoms with E-state index < -0.39 is 43.2 Å². The molecule has 41 heavy (non-hydrogen) atoms. The zero-order valence-corrected chi connectivity index (χ0v) is 24.0. The molecular formula is C28H29FN4O6S2. The van der Waals surface area contributed by atoms with Gasteiger partial charge in [0.25, 0.3) is 15.9 Å². The minimum Gasteiger partial charge on any atom is -0.511 e. The van der Waals surface area contributed by atoms with E-state index in [0.29, 0.717) is 11.8 Å². The largest absolute Gasteiger partial charge is 0.511 e. The van der Waals surface area contributed by atoms with Crippen LogP contribution in [0.1, 0.15) is 31.7 Å². The van der Waals surface area contributed by atoms with Crippen molar-refractivity contribution in [3.05, 3.63) is 65.2 Å². The monoisotopic (exact) mass is 600 g/mol. The Balaban J connectivity index is 1.34. The maximum Gasteiger partial charge on any atom is 0.286 e. The van der Waals surface area contributed by atoms with Crippen molar-refractivity contribution in [3.63, 3.8) is 0 Å². The van der Waals surface area contributed by atoms with E-state index in [1.807, 2.05) is 6.92 Å². The second-order valence-corrected chi connectivity index (χ2v) is 15.3. The van der Waals surface area contributed by atoms with Crippen LogP contribution in [0.2, 0.25) is 0 Å². The molecule has 0 saturated heterocycles. The van der Waals surface area contributed by atoms with Crippen LogP contribution in [0.4, 0.5) is 15.8 Å². The minimum atomic E-state index is -4.37. The predicted octanol–water partition coefficient (Wildman–Crippen LogP) is 3.62. The van der Waals surface area contributed by atoms with E-state index >= 15 is 0 Å². The summed E-state index contributed by atoms with van der Waals surface area (Å²) < 4.78 is 69.8. The number of halogens is 1. The number of nitrogens with zero attached hydrogens (tertiary/aromatic N) is 2. The van der Waals surface area contributed by atoms with Crippen LogP contribution in [-0.2, 0) is 31.4 Å². The van der Waals surface area contributed by atoms with Gasteiger partial charge >= 0.3 is 0 Å². The van der Waals surface area contributed by atoms with E-state index in [4.69, 9.17) is 0 Å². The second-order valence-electron chi connectivity index (χ2n) is 12.0. The number of hydrogen-bond acceptors (Lipinski definition) is 7. The third-order valence-corrected chi connectivity index (χ3v) is 11.6. The number of aliphatic hydroxyl groups excluding tert-OH is 1. The minimum absolute atomic E-state index is 0.0459. The van der Waals surface area contributed by atoms with E-state index in [1.165, 1.54) is 24.3 Å². The molecule has 0 spiro atoms. The summed E-state index contributed by atoms with van der Waals surface area (Å²) in [5.41, 5.74) is -0.0150. The van der Waals surface area contributed by atoms with Crippen LogP contribution in [0.5, 0.6) is 0 Å². The molecule has 8 rings (SSSR count). The molecule has 10 nitrogen and oxygen atoms in total. The Bertz CT molecular complexity index is 1790. The van der Waals surface area contributed by atoms with Crippen molar-refractivity contribution >= 4 is 43.2 Å². The fourth-order valence-corrected chi connectivity index (χ4v) is 9.75. The Morgan fingerprint density at radius 2 is 1.88 bits per heavy atom. The third kappa shape index (κ3) is 3.99. The molecule has 2 bridgehead atoms. The molecule has 1 amide bonds. The van der Waals surface area contributed by atoms with Gasteiger partial charge in [-0.3, -0.25) is 9.52 Å². The quantitative estimate of drug-likeness (QED) is 0.475. The van der Waals surface area contributed by atoms with Crippen LogP contribution in [0.15, 0.2) is 63.1 Å². The van der Waals surface area contributed by atoms with E-state index in [2.05, 4.69) is 14.4 Å². The number of hydrogen-bond donors (Lipinski definition) is 3. The maximum atomic E-state index is 14.3. The Kier molecular flexibility index (Phi) is 5.51. The zero-order chi connectivity index (χ0) is 29.1. The number of carbonyl (C=O) groups excluding carboxylic acids is 1. The van der Waals surface area contributed by atoms with E-state index in [1.54, 1.807) is 17.0 Å². The first-order chi connectivity index (χ1) is 19.3. The van der Waals surface area contributed by atoms with Gasteiger partial charge in [-0.25, -0.2) is 12.8 Å². The van der Waals surface area contributed by atoms with Crippen molar-refractivity contribution in [2.45, 2.75) is 43.2 Å². The number of amidine groups is 1. The molecular weight excluding hydrogens is 571 g/mol. The molecule has 2 aromatic rings. The average Bonchev–Trinajstić information content (AvgIpc) is 3.69. The van der Waals surface area contributed by atoms with Crippen molar-refractivity contribution in [1.82, 2.24) is 4.90 Å². The number of sulfonamides is 2. The van der Waals surface area contributed by atoms with Crippen LogP contribution in [0, 0.1) is 35.4 Å². The molecule has 2 aromatic carbocycles. The van der Waals surface area contributed by atoms with Gasteiger partial charge in [-0.15, -0.1) is 4.40 Å². The number of rotatable bonds is 5. The fourth-order valence-electron chi connectivity index (χ4n) is 8.04. The average molecular weight is 601 g/mol. The van der Waals surface area contributed by atoms with Gasteiger partial charge in [0.05, 0.1) is 17.5 Å². The van der Waals surface area contributed by atoms with Gasteiger partial charge in [-0.2, -0.15) is 8.42 Å². The van der Waals surface area contributed by atoms with E-state index in [0.717, 1.165) is 37.1 Å². The van der Waals surface area contributed by atoms with Crippen LogP contribution >= 0.6 is 0 Å². The number of aliphatic hydroxyl groups is 1. The first-order valence-electron chi connectivity index (χ1n) is 13.5. The summed E-state index contributed by atoms with van der Waals surface area (Å²) in [5, 5.41) is 14.7. The Morgan fingerprint density at radius 1 is 1.15 bits per heavy atom. The van der Waals surface area contributed by atoms with Gasteiger partial charge in [-0.05, 0) is 85.8 Å². The molecule has 216 valence electrons. The first-order valence-corrected chi connectivity index (χ1v) is 16.8. The normalized spacial score (nSPS) is 32.9. The van der Waals surface area contributed by atoms with Crippen LogP contribution in [0.25, 0.3) is 0 Å². The first kappa shape index (κ1) is 26.4. The summed E-state index contributed by atoms with van der Waals surface area (Å²) in [4.78, 5) is 15.8. The summed E-state index contributed by atoms with van der Waals surface area (Å²) in [6.07, 6.45) is 3.86. The Morgan fingerprint density at radius 3 is 2.59 bits per heavy atom. The van der Waals surface area contributed by atoms with Crippen molar-refractivity contribution in [1.29, 1.82) is 0 Å². The summed E-state index contributed by atoms with van der Waals surface area (Å²) >= 11 is 0. The lowest BCUT2D eigenvalue weighted by molar-refractivity contribution is -0.157. The maximum absolute atomic E-state index is 14.3. The molecule has 3 N–H and O–H groups in total. The molecule has 4 aliphatic carbocycles. The molecule has 0 aromatic heterocycles. The molecule has 4 unspecified atom stereocenters. The number of carbonyl (C=O) groups is 1. The van der Waals surface area contributed by atoms with Gasteiger partial charge in [0.15, 0.2) is 5.84 Å². The molecule has 6 atom stereocenters. The van der Waals surface area contributed by atoms with E-state index in [9.17, 15) is 31.1 Å². The van der Waals surface area contributed by atoms with Crippen molar-refractivity contribution in [3.8, 4) is 0 Å². The second kappa shape index (κ2) is 8.54. The molecule has 13 heteroatoms. The standard InChI is InChI=1S/C28H29FN4O6S2/c1-28-20-9-8-17(18-12-19(18)20)24(28)25(34)23(27(35)33(28)13-14-3-5-15(29)6-4-14)26-30-21-10-7-16(31-40(2,36)37)11-22(21)41(38,39)32-26/h3-7,10-11,17-20,24,31,34H,8-9,12-13H2,1-2H3,(H,30,32)/t17?,18?,19?,20?,24-,28-/m0/s1. The van der Waals surface area contributed by atoms with Crippen molar-refractivity contribution < 1.29 is 31.1 Å². The number of amides is 1. The Labute approximate surface area is 237 Å². The molecule has 4 fully saturated rings. The zero-order valence-electron chi connectivity index (χ0n) is 22.3. The number of anilines is 2. The fraction of sp³-hybridized carbons (Fsp3) is 0.429. The van der Waals surface area contributed by atoms with Gasteiger partial charge in [0.2, 0.25) is 10.0 Å². The van der Waals surface area contributed by atoms with Crippen LogP contribution in [-0.4, -0.2) is 50.4 Å². The summed E-state index contributed by atoms with van der Waals surface area (Å²) in [6, 6.07) is 9.86. The summed E-state index contributed by atoms with van der Waals surface area (Å²) in [5.74, 6) is -0.477. The number of benzene rings is 2. The lowest BCUT2D eigenvalue weighted by Gasteiger charge is -2.61. The van der Waals surface area contributed by atoms with E-state index in [-0.39, 0.29) is 51.8 Å². The topological polar surface area (TPSA) is 145 Å². The number of nitrogens with one attached hydrogen (secondary N) is 2. The van der Waals surface area contributed by atoms with Gasteiger partial charge in [0.1, 0.15) is 22.0 Å². The van der Waals surface area contributed by atoms with Crippen molar-refractivity contribution in [2.75, 3.05) is 16.3 Å². The lowest BCUT2D eigenvalue weighted by Crippen LogP contribution is -2.68. The van der Waals surface area contributed by atoms with Gasteiger partial charge in [-0.1, -0.05) is 12.1 Å². The molecule has 2 heterocycles. The molecule has 2 aliphatic heterocycles. The highest BCUT2D eigenvalue weighted by Crippen LogP contribution is 2.70. The number of fused-ring (bicyclic) bond motifs is 2. The third-order valence-electron chi connectivity index (χ3n) is 9.69. The van der Waals surface area contributed by atoms with Crippen molar-refractivity contribution in [2.24, 2.45) is 34.0 Å². The lowest BCUT2D eigenvalue weighted by atomic mass is 9.52. The highest BCUT2D eigenvalue weighted by Gasteiger charge is 2.70. The van der Waals surface area contributed by atoms with Crippen LogP contribution in [0.3, 0.4) is 0 Å². The smallest absolute Gasteiger partial charge is 0.286 e. The summed E-state index contributed by atoms with van der Waals surface area (Å²) in [7, 11) is -8.02. The van der Waals surface area contributed by atoms with Crippen LogP contribution < -0.4 is 10.0 Å². The highest BCUT2D eigenvalue weighted by molar-refractivity contribution is 7.92. The SMILES string of the molecule is C[C@]12C3CCC(C4CC43)[C@H]1C(O)=C(C1=NS(=O)(=O)c3cc(NS(C)(=O)=O)ccc3N1)C(=O)N2Cc1ccc(F)cc1. The Hall–Kier alpha value is -3.45. The molecule has 4 saturated carbocycles. The highest BCUT2D eigenvalue weighted by atomic mass is 32.2. The molecule has 6 aliphatic rings.